The summed E-state index contributed by atoms with van der Waals surface area (Å²) >= 11 is 6.10. The number of hydrogen-bond donors (Lipinski definition) is 0. The molecule has 0 N–H and O–H groups in total. The van der Waals surface area contributed by atoms with Crippen LogP contribution >= 0.6 is 11.6 Å². The van der Waals surface area contributed by atoms with Gasteiger partial charge in [-0.2, -0.15) is 9.97 Å². The summed E-state index contributed by atoms with van der Waals surface area (Å²) in [6.07, 6.45) is 4.44. The molecule has 3 nitrogen and oxygen atoms in total. The van der Waals surface area contributed by atoms with Crippen LogP contribution < -0.4 is 4.74 Å². The molecule has 2 rings (SSSR count). The number of hydrogen-bond acceptors (Lipinski definition) is 3. The SMILES string of the molecule is CC(C)Oc1nc(Cl)c2c(n1)CCCC2. The van der Waals surface area contributed by atoms with Gasteiger partial charge in [0.05, 0.1) is 11.8 Å². The maximum Gasteiger partial charge on any atom is 0.318 e. The molecule has 0 atom stereocenters. The summed E-state index contributed by atoms with van der Waals surface area (Å²) in [6.45, 7) is 3.91. The largest absolute Gasteiger partial charge is 0.461 e. The first-order chi connectivity index (χ1) is 7.16. The van der Waals surface area contributed by atoms with Crippen LogP contribution in [0.5, 0.6) is 6.01 Å². The average Bonchev–Trinajstić information content (AvgIpc) is 2.16. The molecule has 15 heavy (non-hydrogen) atoms. The number of rotatable bonds is 2. The first-order valence-corrected chi connectivity index (χ1v) is 5.76. The van der Waals surface area contributed by atoms with Gasteiger partial charge < -0.3 is 4.74 Å². The monoisotopic (exact) mass is 226 g/mol. The third-order valence-electron chi connectivity index (χ3n) is 2.45. The Kier molecular flexibility index (Phi) is 3.10. The lowest BCUT2D eigenvalue weighted by Gasteiger charge is -2.17. The van der Waals surface area contributed by atoms with E-state index in [1.165, 1.54) is 12.8 Å². The quantitative estimate of drug-likeness (QED) is 0.728. The van der Waals surface area contributed by atoms with E-state index in [2.05, 4.69) is 9.97 Å². The van der Waals surface area contributed by atoms with Crippen molar-refractivity contribution in [1.29, 1.82) is 0 Å². The van der Waals surface area contributed by atoms with Crippen LogP contribution in [0.3, 0.4) is 0 Å². The second kappa shape index (κ2) is 4.35. The molecule has 0 fully saturated rings. The lowest BCUT2D eigenvalue weighted by Crippen LogP contribution is -2.13. The maximum atomic E-state index is 6.10. The minimum atomic E-state index is 0.0858. The molecule has 1 aromatic rings. The van der Waals surface area contributed by atoms with Gasteiger partial charge >= 0.3 is 6.01 Å². The lowest BCUT2D eigenvalue weighted by atomic mass is 9.98. The Morgan fingerprint density at radius 2 is 1.93 bits per heavy atom. The molecule has 1 heterocycles. The molecular formula is C11H15ClN2O. The Morgan fingerprint density at radius 3 is 2.67 bits per heavy atom. The number of fused-ring (bicyclic) bond motifs is 1. The summed E-state index contributed by atoms with van der Waals surface area (Å²) in [5, 5.41) is 0.565. The highest BCUT2D eigenvalue weighted by atomic mass is 35.5. The third kappa shape index (κ3) is 2.40. The summed E-state index contributed by atoms with van der Waals surface area (Å²) < 4.78 is 5.45. The van der Waals surface area contributed by atoms with Crippen LogP contribution in [0, 0.1) is 0 Å². The molecule has 0 amide bonds. The predicted molar refractivity (Wildman–Crippen MR) is 59.4 cm³/mol. The highest BCUT2D eigenvalue weighted by Gasteiger charge is 2.17. The normalized spacial score (nSPS) is 15.2. The fourth-order valence-electron chi connectivity index (χ4n) is 1.79. The number of aromatic nitrogens is 2. The van der Waals surface area contributed by atoms with E-state index < -0.39 is 0 Å². The van der Waals surface area contributed by atoms with E-state index >= 15 is 0 Å². The highest BCUT2D eigenvalue weighted by Crippen LogP contribution is 2.27. The first-order valence-electron chi connectivity index (χ1n) is 5.39. The van der Waals surface area contributed by atoms with E-state index in [4.69, 9.17) is 16.3 Å². The lowest BCUT2D eigenvalue weighted by molar-refractivity contribution is 0.221. The molecule has 0 aliphatic heterocycles. The molecule has 0 unspecified atom stereocenters. The van der Waals surface area contributed by atoms with Crippen molar-refractivity contribution in [2.45, 2.75) is 45.6 Å². The fraction of sp³-hybridized carbons (Fsp3) is 0.636. The molecular weight excluding hydrogens is 212 g/mol. The van der Waals surface area contributed by atoms with Gasteiger partial charge in [0.2, 0.25) is 0 Å². The third-order valence-corrected chi connectivity index (χ3v) is 2.77. The van der Waals surface area contributed by atoms with Crippen LogP contribution in [0.1, 0.15) is 37.9 Å². The van der Waals surface area contributed by atoms with Crippen molar-refractivity contribution in [3.05, 3.63) is 16.4 Å². The summed E-state index contributed by atoms with van der Waals surface area (Å²) in [7, 11) is 0. The summed E-state index contributed by atoms with van der Waals surface area (Å²) in [5.41, 5.74) is 2.18. The number of nitrogens with zero attached hydrogens (tertiary/aromatic N) is 2. The van der Waals surface area contributed by atoms with Crippen LogP contribution in [-0.4, -0.2) is 16.1 Å². The molecule has 0 spiro atoms. The Labute approximate surface area is 94.8 Å². The number of halogens is 1. The highest BCUT2D eigenvalue weighted by molar-refractivity contribution is 6.30. The molecule has 0 saturated carbocycles. The predicted octanol–water partition coefficient (Wildman–Crippen LogP) is 2.80. The minimum absolute atomic E-state index is 0.0858. The summed E-state index contributed by atoms with van der Waals surface area (Å²) in [5.74, 6) is 0. The van der Waals surface area contributed by atoms with Gasteiger partial charge in [0.15, 0.2) is 0 Å². The Hall–Kier alpha value is -0.830. The Bertz CT molecular complexity index is 366. The topological polar surface area (TPSA) is 35.0 Å². The van der Waals surface area contributed by atoms with Crippen molar-refractivity contribution in [3.8, 4) is 6.01 Å². The van der Waals surface area contributed by atoms with E-state index in [0.29, 0.717) is 11.2 Å². The van der Waals surface area contributed by atoms with Crippen LogP contribution in [0.15, 0.2) is 0 Å². The molecule has 0 radical (unpaired) electrons. The smallest absolute Gasteiger partial charge is 0.318 e. The second-order valence-corrected chi connectivity index (χ2v) is 4.45. The fourth-order valence-corrected chi connectivity index (χ4v) is 2.07. The molecule has 1 aliphatic rings. The maximum absolute atomic E-state index is 6.10. The van der Waals surface area contributed by atoms with Gasteiger partial charge in [-0.25, -0.2) is 0 Å². The number of aryl methyl sites for hydroxylation is 1. The van der Waals surface area contributed by atoms with Gasteiger partial charge in [0.1, 0.15) is 5.15 Å². The second-order valence-electron chi connectivity index (χ2n) is 4.10. The van der Waals surface area contributed by atoms with Crippen molar-refractivity contribution < 1.29 is 4.74 Å². The van der Waals surface area contributed by atoms with Crippen LogP contribution in [0.4, 0.5) is 0 Å². The van der Waals surface area contributed by atoms with E-state index in [1.54, 1.807) is 0 Å². The zero-order chi connectivity index (χ0) is 10.8. The molecule has 0 saturated heterocycles. The minimum Gasteiger partial charge on any atom is -0.461 e. The van der Waals surface area contributed by atoms with E-state index in [1.807, 2.05) is 13.8 Å². The summed E-state index contributed by atoms with van der Waals surface area (Å²) in [4.78, 5) is 8.56. The van der Waals surface area contributed by atoms with Gasteiger partial charge in [0.25, 0.3) is 0 Å². The van der Waals surface area contributed by atoms with E-state index in [0.717, 1.165) is 24.1 Å². The van der Waals surface area contributed by atoms with E-state index in [9.17, 15) is 0 Å². The van der Waals surface area contributed by atoms with Gasteiger partial charge in [-0.15, -0.1) is 0 Å². The first kappa shape index (κ1) is 10.7. The van der Waals surface area contributed by atoms with Gasteiger partial charge in [-0.3, -0.25) is 0 Å². The zero-order valence-electron chi connectivity index (χ0n) is 9.09. The van der Waals surface area contributed by atoms with Crippen LogP contribution in [0.25, 0.3) is 0 Å². The van der Waals surface area contributed by atoms with Crippen molar-refractivity contribution >= 4 is 11.6 Å². The van der Waals surface area contributed by atoms with Crippen molar-refractivity contribution in [2.75, 3.05) is 0 Å². The molecule has 82 valence electrons. The average molecular weight is 227 g/mol. The van der Waals surface area contributed by atoms with Crippen LogP contribution in [-0.2, 0) is 12.8 Å². The van der Waals surface area contributed by atoms with E-state index in [-0.39, 0.29) is 6.10 Å². The molecule has 4 heteroatoms. The standard InChI is InChI=1S/C11H15ClN2O/c1-7(2)15-11-13-9-6-4-3-5-8(9)10(12)14-11/h7H,3-6H2,1-2H3. The van der Waals surface area contributed by atoms with Gasteiger partial charge in [-0.05, 0) is 39.5 Å². The molecule has 0 bridgehead atoms. The van der Waals surface area contributed by atoms with Gasteiger partial charge in [-0.1, -0.05) is 11.6 Å². The summed E-state index contributed by atoms with van der Waals surface area (Å²) in [6, 6.07) is 0.413. The molecule has 0 aromatic carbocycles. The Morgan fingerprint density at radius 1 is 1.20 bits per heavy atom. The van der Waals surface area contributed by atoms with Crippen molar-refractivity contribution in [2.24, 2.45) is 0 Å². The van der Waals surface area contributed by atoms with Crippen LogP contribution in [0.2, 0.25) is 5.15 Å². The van der Waals surface area contributed by atoms with Gasteiger partial charge in [0, 0.05) is 5.56 Å². The number of ether oxygens (including phenoxy) is 1. The molecule has 1 aromatic heterocycles. The van der Waals surface area contributed by atoms with Crippen molar-refractivity contribution in [1.82, 2.24) is 9.97 Å². The Balaban J connectivity index is 2.32. The molecule has 1 aliphatic carbocycles. The zero-order valence-corrected chi connectivity index (χ0v) is 9.84. The van der Waals surface area contributed by atoms with Crippen molar-refractivity contribution in [3.63, 3.8) is 0 Å².